The molecule has 0 radical (unpaired) electrons. The molecule has 2 rings (SSSR count). The van der Waals surface area contributed by atoms with Crippen molar-refractivity contribution in [3.63, 3.8) is 0 Å². The van der Waals surface area contributed by atoms with Crippen LogP contribution in [0.4, 0.5) is 5.82 Å². The van der Waals surface area contributed by atoms with Gasteiger partial charge in [-0.05, 0) is 31.3 Å². The fourth-order valence-corrected chi connectivity index (χ4v) is 3.85. The Morgan fingerprint density at radius 1 is 1.44 bits per heavy atom. The molecule has 6 nitrogen and oxygen atoms in total. The number of aromatic nitrogens is 3. The van der Waals surface area contributed by atoms with E-state index < -0.39 is 0 Å². The van der Waals surface area contributed by atoms with Gasteiger partial charge in [-0.3, -0.25) is 0 Å². The summed E-state index contributed by atoms with van der Waals surface area (Å²) in [5.74, 6) is 5.35. The Balaban J connectivity index is 1.77. The van der Waals surface area contributed by atoms with Gasteiger partial charge >= 0.3 is 0 Å². The third kappa shape index (κ3) is 5.92. The molecule has 0 aliphatic carbocycles. The Morgan fingerprint density at radius 2 is 2.28 bits per heavy atom. The Labute approximate surface area is 153 Å². The van der Waals surface area contributed by atoms with Crippen molar-refractivity contribution in [3.05, 3.63) is 18.1 Å². The van der Waals surface area contributed by atoms with E-state index in [1.807, 2.05) is 24.9 Å². The molecule has 0 spiro atoms. The molecule has 136 valence electrons. The van der Waals surface area contributed by atoms with Gasteiger partial charge < -0.3 is 21.1 Å². The number of thioether (sulfide) groups is 1. The molecule has 5 N–H and O–H groups in total. The van der Waals surface area contributed by atoms with E-state index in [0.717, 1.165) is 53.9 Å². The lowest BCUT2D eigenvalue weighted by Crippen LogP contribution is -2.31. The summed E-state index contributed by atoms with van der Waals surface area (Å²) in [6, 6.07) is 0. The zero-order valence-corrected chi connectivity index (χ0v) is 15.5. The number of H-pyrrole nitrogens is 1. The minimum absolute atomic E-state index is 0.211. The van der Waals surface area contributed by atoms with E-state index in [1.54, 1.807) is 0 Å². The zero-order valence-electron chi connectivity index (χ0n) is 14.7. The van der Waals surface area contributed by atoms with Gasteiger partial charge in [0.2, 0.25) is 0 Å². The minimum atomic E-state index is -0.341. The summed E-state index contributed by atoms with van der Waals surface area (Å²) in [5, 5.41) is 13.4. The van der Waals surface area contributed by atoms with Crippen LogP contribution in [0.2, 0.25) is 0 Å². The number of hydrogen-bond donors (Lipinski definition) is 4. The molecule has 0 saturated heterocycles. The predicted molar refractivity (Wildman–Crippen MR) is 105 cm³/mol. The van der Waals surface area contributed by atoms with E-state index in [0.29, 0.717) is 12.4 Å². The Hall–Kier alpha value is -1.75. The monoisotopic (exact) mass is 361 g/mol. The highest BCUT2D eigenvalue weighted by Gasteiger charge is 2.15. The number of aliphatic hydroxyl groups is 1. The Morgan fingerprint density at radius 3 is 3.04 bits per heavy atom. The molecule has 0 aliphatic rings. The van der Waals surface area contributed by atoms with Crippen LogP contribution in [0.15, 0.2) is 12.5 Å². The minimum Gasteiger partial charge on any atom is -0.393 e. The average molecular weight is 362 g/mol. The number of nitrogen functional groups attached to an aromatic ring is 1. The largest absolute Gasteiger partial charge is 0.393 e. The van der Waals surface area contributed by atoms with E-state index in [1.165, 1.54) is 6.33 Å². The summed E-state index contributed by atoms with van der Waals surface area (Å²) >= 11 is 1.88. The lowest BCUT2D eigenvalue weighted by Gasteiger charge is -2.20. The van der Waals surface area contributed by atoms with E-state index in [9.17, 15) is 5.11 Å². The van der Waals surface area contributed by atoms with E-state index in [-0.39, 0.29) is 12.0 Å². The van der Waals surface area contributed by atoms with E-state index in [2.05, 4.69) is 26.2 Å². The molecule has 2 aromatic heterocycles. The average Bonchev–Trinajstić information content (AvgIpc) is 3.00. The van der Waals surface area contributed by atoms with Gasteiger partial charge in [0.15, 0.2) is 5.82 Å². The molecule has 7 heteroatoms. The molecule has 0 fully saturated rings. The second-order valence-corrected chi connectivity index (χ2v) is 7.31. The van der Waals surface area contributed by atoms with E-state index in [4.69, 9.17) is 12.2 Å². The van der Waals surface area contributed by atoms with Crippen molar-refractivity contribution in [3.8, 4) is 12.3 Å². The molecule has 2 aromatic rings. The number of nitrogens with one attached hydrogen (secondary N) is 2. The predicted octanol–water partition coefficient (Wildman–Crippen LogP) is 2.16. The smallest absolute Gasteiger partial charge is 0.151 e. The van der Waals surface area contributed by atoms with Crippen molar-refractivity contribution in [1.29, 1.82) is 0 Å². The van der Waals surface area contributed by atoms with Crippen molar-refractivity contribution < 1.29 is 5.11 Å². The van der Waals surface area contributed by atoms with Crippen LogP contribution in [0, 0.1) is 18.3 Å². The molecule has 0 aromatic carbocycles. The maximum Gasteiger partial charge on any atom is 0.151 e. The quantitative estimate of drug-likeness (QED) is 0.361. The molecule has 25 heavy (non-hydrogen) atoms. The number of fused-ring (bicyclic) bond motifs is 1. The number of unbranched alkanes of at least 4 members (excludes halogenated alkanes) is 2. The zero-order chi connectivity index (χ0) is 18.1. The van der Waals surface area contributed by atoms with Gasteiger partial charge in [0.05, 0.1) is 11.6 Å². The number of anilines is 1. The van der Waals surface area contributed by atoms with Crippen LogP contribution in [0.25, 0.3) is 11.0 Å². The maximum atomic E-state index is 10.00. The van der Waals surface area contributed by atoms with Gasteiger partial charge in [-0.1, -0.05) is 0 Å². The van der Waals surface area contributed by atoms with E-state index >= 15 is 0 Å². The van der Waals surface area contributed by atoms with Crippen LogP contribution in [-0.2, 0) is 6.54 Å². The second kappa shape index (κ2) is 10.3. The van der Waals surface area contributed by atoms with Crippen molar-refractivity contribution in [2.75, 3.05) is 23.8 Å². The number of hydrogen-bond acceptors (Lipinski definition) is 6. The van der Waals surface area contributed by atoms with Crippen LogP contribution >= 0.6 is 11.8 Å². The number of aliphatic hydroxyl groups excluding tert-OH is 1. The first-order chi connectivity index (χ1) is 12.1. The van der Waals surface area contributed by atoms with Crippen LogP contribution in [0.1, 0.15) is 31.7 Å². The summed E-state index contributed by atoms with van der Waals surface area (Å²) in [7, 11) is 0. The lowest BCUT2D eigenvalue weighted by atomic mass is 10.1. The summed E-state index contributed by atoms with van der Waals surface area (Å²) in [6.45, 7) is 3.28. The highest BCUT2D eigenvalue weighted by Crippen LogP contribution is 2.19. The lowest BCUT2D eigenvalue weighted by molar-refractivity contribution is 0.136. The highest BCUT2D eigenvalue weighted by atomic mass is 32.2. The molecule has 0 bridgehead atoms. The third-order valence-electron chi connectivity index (χ3n) is 4.17. The summed E-state index contributed by atoms with van der Waals surface area (Å²) in [5.41, 5.74) is 8.50. The first-order valence-electron chi connectivity index (χ1n) is 8.60. The van der Waals surface area contributed by atoms with Gasteiger partial charge in [-0.15, -0.1) is 12.3 Å². The molecule has 0 aliphatic heterocycles. The molecular weight excluding hydrogens is 334 g/mol. The summed E-state index contributed by atoms with van der Waals surface area (Å²) in [4.78, 5) is 11.4. The van der Waals surface area contributed by atoms with Crippen LogP contribution in [0.5, 0.6) is 0 Å². The number of aromatic amines is 1. The molecular formula is C18H27N5OS. The fraction of sp³-hybridized carbons (Fsp3) is 0.556. The number of nitrogens with zero attached hydrogens (tertiary/aromatic N) is 2. The summed E-state index contributed by atoms with van der Waals surface area (Å²) < 4.78 is 0. The fourth-order valence-electron chi connectivity index (χ4n) is 2.57. The van der Waals surface area contributed by atoms with Crippen molar-refractivity contribution in [2.24, 2.45) is 5.92 Å². The normalized spacial score (nSPS) is 13.6. The standard InChI is InChI=1S/C18H27N5OS/c1-3-4-5-6-7-25-11-15(13(2)24)9-20-8-14-10-21-17-16(14)22-12-23-18(17)19/h1,10,12-13,15,20-21,24H,4-9,11H2,2H3,(H2,19,22,23)/t13-,15-/m1/s1. The molecule has 0 unspecified atom stereocenters. The number of rotatable bonds is 11. The van der Waals surface area contributed by atoms with Gasteiger partial charge in [0, 0.05) is 37.2 Å². The van der Waals surface area contributed by atoms with Gasteiger partial charge in [-0.25, -0.2) is 9.97 Å². The van der Waals surface area contributed by atoms with Gasteiger partial charge in [0.25, 0.3) is 0 Å². The first kappa shape index (κ1) is 19.6. The molecule has 2 atom stereocenters. The SMILES string of the molecule is C#CCCCCSC[C@@H](CNCc1c[nH]c2c(N)ncnc12)[C@@H](C)O. The topological polar surface area (TPSA) is 99.9 Å². The Bertz CT molecular complexity index is 694. The third-order valence-corrected chi connectivity index (χ3v) is 5.41. The highest BCUT2D eigenvalue weighted by molar-refractivity contribution is 7.99. The number of nitrogens with two attached hydrogens (primary N) is 1. The second-order valence-electron chi connectivity index (χ2n) is 6.16. The van der Waals surface area contributed by atoms with Crippen molar-refractivity contribution >= 4 is 28.6 Å². The van der Waals surface area contributed by atoms with Crippen LogP contribution in [0.3, 0.4) is 0 Å². The molecule has 0 saturated carbocycles. The molecule has 0 amide bonds. The first-order valence-corrected chi connectivity index (χ1v) is 9.75. The number of terminal acetylenes is 1. The maximum absolute atomic E-state index is 10.00. The van der Waals surface area contributed by atoms with Crippen molar-refractivity contribution in [1.82, 2.24) is 20.3 Å². The van der Waals surface area contributed by atoms with Gasteiger partial charge in [-0.2, -0.15) is 11.8 Å². The molecule has 2 heterocycles. The van der Waals surface area contributed by atoms with Crippen LogP contribution in [-0.4, -0.2) is 44.2 Å². The Kier molecular flexibility index (Phi) is 8.06. The summed E-state index contributed by atoms with van der Waals surface area (Å²) in [6.07, 6.45) is 11.3. The van der Waals surface area contributed by atoms with Gasteiger partial charge in [0.1, 0.15) is 11.8 Å². The van der Waals surface area contributed by atoms with Crippen LogP contribution < -0.4 is 11.1 Å². The van der Waals surface area contributed by atoms with Crippen molar-refractivity contribution in [2.45, 2.75) is 38.8 Å².